The summed E-state index contributed by atoms with van der Waals surface area (Å²) in [5.74, 6) is -0.150. The average Bonchev–Trinajstić information content (AvgIpc) is 3.06. The van der Waals surface area contributed by atoms with Gasteiger partial charge in [0.25, 0.3) is 0 Å². The summed E-state index contributed by atoms with van der Waals surface area (Å²) in [4.78, 5) is 28.4. The van der Waals surface area contributed by atoms with Crippen molar-refractivity contribution in [1.29, 1.82) is 0 Å². The lowest BCUT2D eigenvalue weighted by Gasteiger charge is -2.43. The van der Waals surface area contributed by atoms with Gasteiger partial charge in [-0.1, -0.05) is 18.2 Å². The van der Waals surface area contributed by atoms with Crippen LogP contribution in [0.15, 0.2) is 35.2 Å². The van der Waals surface area contributed by atoms with Crippen molar-refractivity contribution in [3.63, 3.8) is 0 Å². The Kier molecular flexibility index (Phi) is 6.09. The fourth-order valence-corrected chi connectivity index (χ4v) is 5.65. The molecule has 2 saturated heterocycles. The number of hydrogen-bond acceptors (Lipinski definition) is 5. The molecule has 2 heterocycles. The predicted octanol–water partition coefficient (Wildman–Crippen LogP) is 1.19. The number of likely N-dealkylation sites (tertiary alicyclic amines) is 2. The number of carbonyl (C=O) groups excluding carboxylic acids is 2. The van der Waals surface area contributed by atoms with Crippen LogP contribution >= 0.6 is 0 Å². The molecule has 0 bridgehead atoms. The third-order valence-corrected chi connectivity index (χ3v) is 7.78. The Morgan fingerprint density at radius 2 is 1.86 bits per heavy atom. The molecule has 2 aliphatic rings. The van der Waals surface area contributed by atoms with Gasteiger partial charge in [-0.15, -0.1) is 0 Å². The van der Waals surface area contributed by atoms with Crippen molar-refractivity contribution in [2.45, 2.75) is 24.7 Å². The van der Waals surface area contributed by atoms with Crippen LogP contribution in [0, 0.1) is 11.3 Å². The van der Waals surface area contributed by atoms with E-state index in [2.05, 4.69) is 0 Å². The summed E-state index contributed by atoms with van der Waals surface area (Å²) in [5, 5.41) is 0. The molecule has 28 heavy (non-hydrogen) atoms. The highest BCUT2D eigenvalue weighted by Gasteiger charge is 2.50. The van der Waals surface area contributed by atoms with Gasteiger partial charge in [-0.05, 0) is 18.6 Å². The first-order valence-electron chi connectivity index (χ1n) is 9.57. The van der Waals surface area contributed by atoms with Gasteiger partial charge in [-0.3, -0.25) is 9.59 Å². The standard InChI is InChI=1S/C20H28N2O5S/c1-16(23)22-13-17-12-21(10-9-20(17,14-22)15-27-2)19(24)8-11-28(25,26)18-6-4-3-5-7-18/h3-7,17H,8-15H2,1-2H3. The number of carbonyl (C=O) groups is 2. The number of fused-ring (bicyclic) bond motifs is 1. The quantitative estimate of drug-likeness (QED) is 0.706. The lowest BCUT2D eigenvalue weighted by molar-refractivity contribution is -0.135. The molecule has 0 spiro atoms. The summed E-state index contributed by atoms with van der Waals surface area (Å²) in [6, 6.07) is 8.21. The summed E-state index contributed by atoms with van der Waals surface area (Å²) in [7, 11) is -1.81. The second kappa shape index (κ2) is 8.21. The van der Waals surface area contributed by atoms with Crippen LogP contribution in [0.1, 0.15) is 19.8 Å². The number of nitrogens with zero attached hydrogens (tertiary/aromatic N) is 2. The molecule has 0 aliphatic carbocycles. The fraction of sp³-hybridized carbons (Fsp3) is 0.600. The van der Waals surface area contributed by atoms with Gasteiger partial charge in [-0.25, -0.2) is 8.42 Å². The zero-order valence-corrected chi connectivity index (χ0v) is 17.3. The van der Waals surface area contributed by atoms with Crippen molar-refractivity contribution in [3.05, 3.63) is 30.3 Å². The summed E-state index contributed by atoms with van der Waals surface area (Å²) < 4.78 is 30.3. The van der Waals surface area contributed by atoms with Crippen molar-refractivity contribution < 1.29 is 22.7 Å². The largest absolute Gasteiger partial charge is 0.384 e. The first-order valence-corrected chi connectivity index (χ1v) is 11.2. The summed E-state index contributed by atoms with van der Waals surface area (Å²) in [6.07, 6.45) is 0.726. The molecule has 2 aliphatic heterocycles. The van der Waals surface area contributed by atoms with E-state index in [0.29, 0.717) is 32.8 Å². The third kappa shape index (κ3) is 4.22. The van der Waals surface area contributed by atoms with E-state index in [0.717, 1.165) is 6.42 Å². The molecule has 0 aromatic heterocycles. The molecule has 2 fully saturated rings. The Balaban J connectivity index is 1.63. The molecule has 0 saturated carbocycles. The van der Waals surface area contributed by atoms with Gasteiger partial charge in [0.1, 0.15) is 0 Å². The minimum Gasteiger partial charge on any atom is -0.384 e. The van der Waals surface area contributed by atoms with E-state index >= 15 is 0 Å². The van der Waals surface area contributed by atoms with Gasteiger partial charge in [0.05, 0.1) is 17.3 Å². The molecule has 154 valence electrons. The number of piperidine rings is 1. The maximum Gasteiger partial charge on any atom is 0.223 e. The normalized spacial score (nSPS) is 24.9. The molecular weight excluding hydrogens is 380 g/mol. The number of sulfone groups is 1. The highest BCUT2D eigenvalue weighted by molar-refractivity contribution is 7.91. The van der Waals surface area contributed by atoms with Crippen LogP contribution in [0.3, 0.4) is 0 Å². The first-order chi connectivity index (χ1) is 13.3. The van der Waals surface area contributed by atoms with Crippen LogP contribution in [0.4, 0.5) is 0 Å². The molecule has 7 nitrogen and oxygen atoms in total. The highest BCUT2D eigenvalue weighted by atomic mass is 32.2. The molecule has 2 atom stereocenters. The molecule has 1 aromatic carbocycles. The Morgan fingerprint density at radius 1 is 1.18 bits per heavy atom. The van der Waals surface area contributed by atoms with Crippen LogP contribution in [-0.4, -0.2) is 75.7 Å². The van der Waals surface area contributed by atoms with Gasteiger partial charge in [0, 0.05) is 58.0 Å². The van der Waals surface area contributed by atoms with Crippen molar-refractivity contribution in [2.75, 3.05) is 45.6 Å². The third-order valence-electron chi connectivity index (χ3n) is 6.05. The van der Waals surface area contributed by atoms with E-state index in [1.807, 2.05) is 4.90 Å². The van der Waals surface area contributed by atoms with Crippen LogP contribution in [0.5, 0.6) is 0 Å². The molecule has 3 rings (SSSR count). The van der Waals surface area contributed by atoms with Gasteiger partial charge in [0.15, 0.2) is 9.84 Å². The zero-order chi connectivity index (χ0) is 20.4. The minimum atomic E-state index is -3.47. The first kappa shape index (κ1) is 20.8. The second-order valence-corrected chi connectivity index (χ2v) is 9.97. The fourth-order valence-electron chi connectivity index (χ4n) is 4.40. The Morgan fingerprint density at radius 3 is 2.50 bits per heavy atom. The van der Waals surface area contributed by atoms with Crippen molar-refractivity contribution in [3.8, 4) is 0 Å². The van der Waals surface area contributed by atoms with Gasteiger partial charge in [0.2, 0.25) is 11.8 Å². The van der Waals surface area contributed by atoms with Crippen LogP contribution in [0.2, 0.25) is 0 Å². The van der Waals surface area contributed by atoms with E-state index in [1.54, 1.807) is 49.3 Å². The molecule has 2 amide bonds. The smallest absolute Gasteiger partial charge is 0.223 e. The van der Waals surface area contributed by atoms with Crippen molar-refractivity contribution >= 4 is 21.7 Å². The Bertz CT molecular complexity index is 826. The summed E-state index contributed by atoms with van der Waals surface area (Å²) >= 11 is 0. The number of amides is 2. The number of ether oxygens (including phenoxy) is 1. The topological polar surface area (TPSA) is 84.0 Å². The van der Waals surface area contributed by atoms with Crippen LogP contribution in [0.25, 0.3) is 0 Å². The van der Waals surface area contributed by atoms with Crippen molar-refractivity contribution in [1.82, 2.24) is 9.80 Å². The molecular formula is C20H28N2O5S. The molecule has 0 radical (unpaired) electrons. The molecule has 2 unspecified atom stereocenters. The number of methoxy groups -OCH3 is 1. The van der Waals surface area contributed by atoms with E-state index in [9.17, 15) is 18.0 Å². The second-order valence-electron chi connectivity index (χ2n) is 7.86. The van der Waals surface area contributed by atoms with E-state index < -0.39 is 9.84 Å². The van der Waals surface area contributed by atoms with Gasteiger partial charge in [-0.2, -0.15) is 0 Å². The zero-order valence-electron chi connectivity index (χ0n) is 16.5. The Labute approximate surface area is 166 Å². The van der Waals surface area contributed by atoms with Gasteiger partial charge >= 0.3 is 0 Å². The van der Waals surface area contributed by atoms with E-state index in [1.165, 1.54) is 0 Å². The summed E-state index contributed by atoms with van der Waals surface area (Å²) in [6.45, 7) is 4.50. The molecule has 8 heteroatoms. The maximum atomic E-state index is 12.7. The van der Waals surface area contributed by atoms with E-state index in [4.69, 9.17) is 4.74 Å². The Hall–Kier alpha value is -1.93. The summed E-state index contributed by atoms with van der Waals surface area (Å²) in [5.41, 5.74) is -0.118. The predicted molar refractivity (Wildman–Crippen MR) is 104 cm³/mol. The monoisotopic (exact) mass is 408 g/mol. The average molecular weight is 409 g/mol. The molecule has 1 aromatic rings. The number of hydrogen-bond donors (Lipinski definition) is 0. The highest BCUT2D eigenvalue weighted by Crippen LogP contribution is 2.43. The lowest BCUT2D eigenvalue weighted by Crippen LogP contribution is -2.51. The number of benzene rings is 1. The maximum absolute atomic E-state index is 12.7. The number of rotatable bonds is 6. The minimum absolute atomic E-state index is 0.0301. The van der Waals surface area contributed by atoms with Crippen molar-refractivity contribution in [2.24, 2.45) is 11.3 Å². The van der Waals surface area contributed by atoms with Gasteiger partial charge < -0.3 is 14.5 Å². The van der Waals surface area contributed by atoms with Crippen LogP contribution in [-0.2, 0) is 24.2 Å². The van der Waals surface area contributed by atoms with Crippen LogP contribution < -0.4 is 0 Å². The SMILES string of the molecule is COCC12CCN(C(=O)CCS(=O)(=O)c3ccccc3)CC1CN(C(C)=O)C2. The lowest BCUT2D eigenvalue weighted by atomic mass is 9.73. The van der Waals surface area contributed by atoms with E-state index in [-0.39, 0.29) is 40.2 Å². The molecule has 0 N–H and O–H groups in total.